The fourth-order valence-electron chi connectivity index (χ4n) is 2.81. The Morgan fingerprint density at radius 3 is 2.70 bits per heavy atom. The molecule has 0 aliphatic rings. The van der Waals surface area contributed by atoms with Crippen LogP contribution in [0.15, 0.2) is 59.1 Å². The Balaban J connectivity index is 1.77. The van der Waals surface area contributed by atoms with Crippen molar-refractivity contribution in [3.05, 3.63) is 69.6 Å². The molecule has 30 heavy (non-hydrogen) atoms. The number of carboxylic acid groups (broad SMARTS) is 1. The summed E-state index contributed by atoms with van der Waals surface area (Å²) in [5.41, 5.74) is 1.55. The minimum Gasteiger partial charge on any atom is -0.495 e. The van der Waals surface area contributed by atoms with Gasteiger partial charge in [-0.25, -0.2) is 9.78 Å². The summed E-state index contributed by atoms with van der Waals surface area (Å²) in [4.78, 5) is 15.2. The summed E-state index contributed by atoms with van der Waals surface area (Å²) in [6, 6.07) is 15.0. The number of hydrogen-bond acceptors (Lipinski definition) is 7. The molecular weight excluding hydrogens is 444 g/mol. The van der Waals surface area contributed by atoms with E-state index in [9.17, 15) is 4.79 Å². The third-order valence-corrected chi connectivity index (χ3v) is 6.47. The zero-order valence-electron chi connectivity index (χ0n) is 15.7. The number of carboxylic acids is 1. The number of carbonyl (C=O) groups is 1. The molecule has 0 radical (unpaired) electrons. The molecule has 4 aromatic rings. The molecule has 4 rings (SSSR count). The number of halogens is 1. The van der Waals surface area contributed by atoms with Gasteiger partial charge in [-0.1, -0.05) is 47.6 Å². The molecule has 152 valence electrons. The van der Waals surface area contributed by atoms with Gasteiger partial charge in [-0.15, -0.1) is 21.5 Å². The van der Waals surface area contributed by atoms with Gasteiger partial charge in [-0.05, 0) is 24.3 Å². The van der Waals surface area contributed by atoms with Crippen molar-refractivity contribution in [2.75, 3.05) is 7.11 Å². The molecule has 2 aromatic heterocycles. The fraction of sp³-hybridized carbons (Fsp3) is 0.100. The lowest BCUT2D eigenvalue weighted by atomic mass is 10.2. The predicted octanol–water partition coefficient (Wildman–Crippen LogP) is 5.04. The number of aromatic nitrogens is 4. The van der Waals surface area contributed by atoms with Gasteiger partial charge in [0.2, 0.25) is 0 Å². The number of nitrogens with zero attached hydrogens (tertiary/aromatic N) is 4. The van der Waals surface area contributed by atoms with Gasteiger partial charge in [0.05, 0.1) is 23.6 Å². The topological polar surface area (TPSA) is 90.1 Å². The average Bonchev–Trinajstić information content (AvgIpc) is 3.40. The number of thioether (sulfide) groups is 1. The molecule has 0 saturated carbocycles. The molecule has 10 heteroatoms. The highest BCUT2D eigenvalue weighted by atomic mass is 35.5. The lowest BCUT2D eigenvalue weighted by Crippen LogP contribution is -2.02. The summed E-state index contributed by atoms with van der Waals surface area (Å²) >= 11 is 9.13. The standard InChI is InChI=1S/C20H15ClN4O3S2/c1-28-16-9-5-4-8-15(16)25-18(12-6-2-3-7-13(12)21)23-24-20(25)30-11-17-22-14(10-29-17)19(26)27/h2-10H,11H2,1H3,(H,26,27). The van der Waals surface area contributed by atoms with Crippen LogP contribution in [0, 0.1) is 0 Å². The number of para-hydroxylation sites is 2. The molecule has 0 atom stereocenters. The van der Waals surface area contributed by atoms with Gasteiger partial charge in [0.25, 0.3) is 0 Å². The molecule has 0 fully saturated rings. The van der Waals surface area contributed by atoms with Crippen LogP contribution >= 0.6 is 34.7 Å². The van der Waals surface area contributed by atoms with Crippen molar-refractivity contribution < 1.29 is 14.6 Å². The first-order valence-corrected chi connectivity index (χ1v) is 11.0. The molecule has 0 unspecified atom stereocenters. The molecule has 0 aliphatic heterocycles. The first kappa shape index (κ1) is 20.4. The Hall–Kier alpha value is -2.88. The maximum atomic E-state index is 11.1. The molecule has 7 nitrogen and oxygen atoms in total. The van der Waals surface area contributed by atoms with Crippen LogP contribution in [0.3, 0.4) is 0 Å². The maximum Gasteiger partial charge on any atom is 0.355 e. The van der Waals surface area contributed by atoms with E-state index >= 15 is 0 Å². The van der Waals surface area contributed by atoms with Crippen molar-refractivity contribution in [2.24, 2.45) is 0 Å². The van der Waals surface area contributed by atoms with E-state index in [1.54, 1.807) is 13.2 Å². The highest BCUT2D eigenvalue weighted by Gasteiger charge is 2.21. The van der Waals surface area contributed by atoms with E-state index in [2.05, 4.69) is 15.2 Å². The minimum absolute atomic E-state index is 0.0403. The molecule has 0 saturated heterocycles. The number of aromatic carboxylic acids is 1. The van der Waals surface area contributed by atoms with Crippen LogP contribution in [-0.2, 0) is 5.75 Å². The van der Waals surface area contributed by atoms with Crippen LogP contribution in [0.4, 0.5) is 0 Å². The summed E-state index contributed by atoms with van der Waals surface area (Å²) in [5.74, 6) is 0.654. The van der Waals surface area contributed by atoms with Crippen LogP contribution in [0.25, 0.3) is 17.1 Å². The minimum atomic E-state index is -1.04. The van der Waals surface area contributed by atoms with Crippen molar-refractivity contribution in [3.8, 4) is 22.8 Å². The lowest BCUT2D eigenvalue weighted by molar-refractivity contribution is 0.0691. The van der Waals surface area contributed by atoms with Gasteiger partial charge in [0.15, 0.2) is 16.7 Å². The summed E-state index contributed by atoms with van der Waals surface area (Å²) in [6.45, 7) is 0. The van der Waals surface area contributed by atoms with Crippen LogP contribution in [0.2, 0.25) is 5.02 Å². The Kier molecular flexibility index (Phi) is 6.03. The third kappa shape index (κ3) is 4.04. The zero-order chi connectivity index (χ0) is 21.1. The Labute approximate surface area is 185 Å². The predicted molar refractivity (Wildman–Crippen MR) is 117 cm³/mol. The Bertz CT molecular complexity index is 1210. The van der Waals surface area contributed by atoms with Crippen LogP contribution in [0.1, 0.15) is 15.5 Å². The van der Waals surface area contributed by atoms with E-state index < -0.39 is 5.97 Å². The second-order valence-corrected chi connectivity index (χ2v) is 8.31. The first-order chi connectivity index (χ1) is 14.6. The fourth-order valence-corrected chi connectivity index (χ4v) is 4.76. The van der Waals surface area contributed by atoms with Gasteiger partial charge >= 0.3 is 5.97 Å². The summed E-state index contributed by atoms with van der Waals surface area (Å²) < 4.78 is 7.43. The Morgan fingerprint density at radius 1 is 1.20 bits per heavy atom. The lowest BCUT2D eigenvalue weighted by Gasteiger charge is -2.14. The number of ether oxygens (including phenoxy) is 1. The molecule has 0 spiro atoms. The quantitative estimate of drug-likeness (QED) is 0.388. The molecule has 2 heterocycles. The van der Waals surface area contributed by atoms with Gasteiger partial charge < -0.3 is 9.84 Å². The highest BCUT2D eigenvalue weighted by molar-refractivity contribution is 7.98. The average molecular weight is 459 g/mol. The molecule has 0 aliphatic carbocycles. The molecule has 1 N–H and O–H groups in total. The molecule has 2 aromatic carbocycles. The Morgan fingerprint density at radius 2 is 1.97 bits per heavy atom. The zero-order valence-corrected chi connectivity index (χ0v) is 18.0. The molecule has 0 amide bonds. The smallest absolute Gasteiger partial charge is 0.355 e. The van der Waals surface area contributed by atoms with Gasteiger partial charge in [-0.2, -0.15) is 0 Å². The summed E-state index contributed by atoms with van der Waals surface area (Å²) in [7, 11) is 1.61. The van der Waals surface area contributed by atoms with Crippen LogP contribution < -0.4 is 4.74 Å². The molecular formula is C20H15ClN4O3S2. The van der Waals surface area contributed by atoms with Crippen LogP contribution in [0.5, 0.6) is 5.75 Å². The normalized spacial score (nSPS) is 10.9. The van der Waals surface area contributed by atoms with Gasteiger partial charge in [0.1, 0.15) is 10.8 Å². The van der Waals surface area contributed by atoms with Crippen molar-refractivity contribution >= 4 is 40.7 Å². The monoisotopic (exact) mass is 458 g/mol. The van der Waals surface area contributed by atoms with Crippen molar-refractivity contribution in [3.63, 3.8) is 0 Å². The van der Waals surface area contributed by atoms with E-state index in [4.69, 9.17) is 21.4 Å². The second-order valence-electron chi connectivity index (χ2n) is 6.01. The van der Waals surface area contributed by atoms with E-state index in [0.29, 0.717) is 32.5 Å². The third-order valence-electron chi connectivity index (χ3n) is 4.17. The number of rotatable bonds is 7. The van der Waals surface area contributed by atoms with Crippen molar-refractivity contribution in [1.82, 2.24) is 19.7 Å². The molecule has 0 bridgehead atoms. The van der Waals surface area contributed by atoms with E-state index in [1.165, 1.54) is 28.5 Å². The number of benzene rings is 2. The van der Waals surface area contributed by atoms with Crippen molar-refractivity contribution in [1.29, 1.82) is 0 Å². The first-order valence-electron chi connectivity index (χ1n) is 8.72. The maximum absolute atomic E-state index is 11.1. The van der Waals surface area contributed by atoms with Crippen molar-refractivity contribution in [2.45, 2.75) is 10.9 Å². The number of thiazole rings is 1. The van der Waals surface area contributed by atoms with Gasteiger partial charge in [-0.3, -0.25) is 4.57 Å². The van der Waals surface area contributed by atoms with Crippen LogP contribution in [-0.4, -0.2) is 37.9 Å². The number of methoxy groups -OCH3 is 1. The van der Waals surface area contributed by atoms with E-state index in [1.807, 2.05) is 47.0 Å². The largest absolute Gasteiger partial charge is 0.495 e. The van der Waals surface area contributed by atoms with Gasteiger partial charge in [0, 0.05) is 10.9 Å². The summed E-state index contributed by atoms with van der Waals surface area (Å²) in [6.07, 6.45) is 0. The number of hydrogen-bond donors (Lipinski definition) is 1. The highest BCUT2D eigenvalue weighted by Crippen LogP contribution is 2.36. The van der Waals surface area contributed by atoms with E-state index in [0.717, 1.165) is 11.3 Å². The summed E-state index contributed by atoms with van der Waals surface area (Å²) in [5, 5.41) is 21.2. The SMILES string of the molecule is COc1ccccc1-n1c(SCc2nc(C(=O)O)cs2)nnc1-c1ccccc1Cl. The second kappa shape index (κ2) is 8.86. The van der Waals surface area contributed by atoms with E-state index in [-0.39, 0.29) is 5.69 Å².